The van der Waals surface area contributed by atoms with E-state index in [9.17, 15) is 9.18 Å². The number of Topliss-reactive ketones (excluding diaryl/α,β-unsaturated/α-hetero) is 1. The summed E-state index contributed by atoms with van der Waals surface area (Å²) in [6.07, 6.45) is 4.83. The van der Waals surface area contributed by atoms with Crippen LogP contribution < -0.4 is 0 Å². The summed E-state index contributed by atoms with van der Waals surface area (Å²) in [4.78, 5) is 14.8. The molecule has 1 aromatic rings. The molecule has 0 saturated heterocycles. The molecular weight excluding hydrogens is 309 g/mol. The lowest BCUT2D eigenvalue weighted by atomic mass is 9.75. The molecule has 0 bridgehead atoms. The van der Waals surface area contributed by atoms with Crippen molar-refractivity contribution in [3.05, 3.63) is 34.1 Å². The maximum absolute atomic E-state index is 13.9. The van der Waals surface area contributed by atoms with E-state index in [1.807, 2.05) is 19.0 Å². The van der Waals surface area contributed by atoms with Gasteiger partial charge in [-0.1, -0.05) is 35.2 Å². The van der Waals surface area contributed by atoms with Gasteiger partial charge in [0.2, 0.25) is 0 Å². The van der Waals surface area contributed by atoms with Gasteiger partial charge in [0.05, 0.1) is 11.1 Å². The van der Waals surface area contributed by atoms with Crippen LogP contribution in [0.3, 0.4) is 0 Å². The van der Waals surface area contributed by atoms with Crippen LogP contribution in [0.1, 0.15) is 42.5 Å². The number of hydrogen-bond donors (Lipinski definition) is 0. The van der Waals surface area contributed by atoms with E-state index in [-0.39, 0.29) is 11.3 Å². The van der Waals surface area contributed by atoms with E-state index in [1.165, 1.54) is 6.07 Å². The molecule has 104 valence electrons. The Hall–Kier alpha value is -0.740. The number of carbonyl (C=O) groups excluding carboxylic acids is 1. The van der Waals surface area contributed by atoms with Crippen LogP contribution >= 0.6 is 15.9 Å². The molecule has 0 heterocycles. The quantitative estimate of drug-likeness (QED) is 0.781. The van der Waals surface area contributed by atoms with E-state index in [1.54, 1.807) is 12.1 Å². The van der Waals surface area contributed by atoms with E-state index in [4.69, 9.17) is 0 Å². The molecule has 1 aliphatic carbocycles. The molecule has 1 aromatic carbocycles. The highest BCUT2D eigenvalue weighted by Crippen LogP contribution is 2.36. The highest BCUT2D eigenvalue weighted by atomic mass is 79.9. The van der Waals surface area contributed by atoms with E-state index in [2.05, 4.69) is 15.9 Å². The molecular formula is C15H19BrFNO. The lowest BCUT2D eigenvalue weighted by Gasteiger charge is -2.41. The van der Waals surface area contributed by atoms with Crippen LogP contribution in [0.4, 0.5) is 4.39 Å². The normalized spacial score (nSPS) is 18.6. The van der Waals surface area contributed by atoms with Gasteiger partial charge in [0.25, 0.3) is 0 Å². The van der Waals surface area contributed by atoms with Crippen molar-refractivity contribution in [3.63, 3.8) is 0 Å². The Bertz CT molecular complexity index is 481. The average Bonchev–Trinajstić information content (AvgIpc) is 2.41. The number of halogens is 2. The van der Waals surface area contributed by atoms with Gasteiger partial charge in [-0.25, -0.2) is 4.39 Å². The molecule has 0 unspecified atom stereocenters. The molecule has 2 nitrogen and oxygen atoms in total. The van der Waals surface area contributed by atoms with Gasteiger partial charge >= 0.3 is 0 Å². The summed E-state index contributed by atoms with van der Waals surface area (Å²) in [6.45, 7) is 0. The number of ketones is 1. The summed E-state index contributed by atoms with van der Waals surface area (Å²) in [5.74, 6) is -0.518. The Morgan fingerprint density at radius 3 is 2.47 bits per heavy atom. The van der Waals surface area contributed by atoms with Crippen LogP contribution in [0.5, 0.6) is 0 Å². The topological polar surface area (TPSA) is 20.3 Å². The molecule has 0 N–H and O–H groups in total. The maximum atomic E-state index is 13.9. The highest BCUT2D eigenvalue weighted by molar-refractivity contribution is 9.10. The molecule has 19 heavy (non-hydrogen) atoms. The van der Waals surface area contributed by atoms with Crippen molar-refractivity contribution in [2.75, 3.05) is 14.1 Å². The fraction of sp³-hybridized carbons (Fsp3) is 0.533. The van der Waals surface area contributed by atoms with Crippen LogP contribution in [-0.2, 0) is 0 Å². The van der Waals surface area contributed by atoms with Crippen molar-refractivity contribution in [1.29, 1.82) is 0 Å². The van der Waals surface area contributed by atoms with Gasteiger partial charge in [-0.15, -0.1) is 0 Å². The second-order valence-corrected chi connectivity index (χ2v) is 6.36. The van der Waals surface area contributed by atoms with Gasteiger partial charge in [0, 0.05) is 4.47 Å². The molecule has 1 aliphatic rings. The Labute approximate surface area is 122 Å². The molecule has 0 atom stereocenters. The van der Waals surface area contributed by atoms with Crippen molar-refractivity contribution in [2.24, 2.45) is 0 Å². The van der Waals surface area contributed by atoms with Gasteiger partial charge in [-0.3, -0.25) is 9.69 Å². The first-order chi connectivity index (χ1) is 8.97. The first kappa shape index (κ1) is 14.7. The number of nitrogens with zero attached hydrogens (tertiary/aromatic N) is 1. The lowest BCUT2D eigenvalue weighted by molar-refractivity contribution is 0.0559. The smallest absolute Gasteiger partial charge is 0.186 e. The van der Waals surface area contributed by atoms with Gasteiger partial charge in [0.1, 0.15) is 5.82 Å². The number of carbonyl (C=O) groups is 1. The zero-order valence-electron chi connectivity index (χ0n) is 11.4. The second-order valence-electron chi connectivity index (χ2n) is 5.44. The standard InChI is InChI=1S/C15H19BrFNO/c1-18(2)15(8-4-3-5-9-15)14(19)12-10-11(16)6-7-13(12)17/h6-7,10H,3-5,8-9H2,1-2H3. The minimum Gasteiger partial charge on any atom is -0.297 e. The molecule has 1 saturated carbocycles. The summed E-state index contributed by atoms with van der Waals surface area (Å²) in [7, 11) is 3.83. The third-order valence-electron chi connectivity index (χ3n) is 4.13. The zero-order valence-corrected chi connectivity index (χ0v) is 13.0. The molecule has 0 aromatic heterocycles. The number of hydrogen-bond acceptors (Lipinski definition) is 2. The van der Waals surface area contributed by atoms with Gasteiger partial charge < -0.3 is 0 Å². The Kier molecular flexibility index (Phi) is 4.41. The number of rotatable bonds is 3. The summed E-state index contributed by atoms with van der Waals surface area (Å²) >= 11 is 3.31. The monoisotopic (exact) mass is 327 g/mol. The summed E-state index contributed by atoms with van der Waals surface area (Å²) in [6, 6.07) is 4.57. The number of likely N-dealkylation sites (N-methyl/N-ethyl adjacent to an activating group) is 1. The predicted octanol–water partition coefficient (Wildman–Crippen LogP) is 4.04. The average molecular weight is 328 g/mol. The summed E-state index contributed by atoms with van der Waals surface area (Å²) < 4.78 is 14.7. The van der Waals surface area contributed by atoms with Crippen LogP contribution in [-0.4, -0.2) is 30.3 Å². The predicted molar refractivity (Wildman–Crippen MR) is 77.9 cm³/mol. The van der Waals surface area contributed by atoms with Crippen molar-refractivity contribution >= 4 is 21.7 Å². The van der Waals surface area contributed by atoms with E-state index >= 15 is 0 Å². The lowest BCUT2D eigenvalue weighted by Crippen LogP contribution is -2.52. The SMILES string of the molecule is CN(C)C1(C(=O)c2cc(Br)ccc2F)CCCCC1. The number of benzene rings is 1. The van der Waals surface area contributed by atoms with Crippen LogP contribution in [0.15, 0.2) is 22.7 Å². The van der Waals surface area contributed by atoms with Crippen LogP contribution in [0.25, 0.3) is 0 Å². The Balaban J connectivity index is 2.42. The zero-order chi connectivity index (χ0) is 14.0. The van der Waals surface area contributed by atoms with E-state index in [0.29, 0.717) is 0 Å². The summed E-state index contributed by atoms with van der Waals surface area (Å²) in [5, 5.41) is 0. The minimum atomic E-state index is -0.542. The van der Waals surface area contributed by atoms with Crippen LogP contribution in [0, 0.1) is 5.82 Å². The molecule has 1 fully saturated rings. The second kappa shape index (κ2) is 5.71. The minimum absolute atomic E-state index is 0.0870. The molecule has 2 rings (SSSR count). The molecule has 0 radical (unpaired) electrons. The molecule has 4 heteroatoms. The van der Waals surface area contributed by atoms with E-state index < -0.39 is 11.4 Å². The summed E-state index contributed by atoms with van der Waals surface area (Å²) in [5.41, 5.74) is -0.343. The maximum Gasteiger partial charge on any atom is 0.186 e. The Morgan fingerprint density at radius 2 is 1.89 bits per heavy atom. The van der Waals surface area contributed by atoms with E-state index in [0.717, 1.165) is 36.6 Å². The fourth-order valence-electron chi connectivity index (χ4n) is 2.94. The largest absolute Gasteiger partial charge is 0.297 e. The first-order valence-corrected chi connectivity index (χ1v) is 7.44. The van der Waals surface area contributed by atoms with Gasteiger partial charge in [-0.2, -0.15) is 0 Å². The van der Waals surface area contributed by atoms with Gasteiger partial charge in [-0.05, 0) is 45.1 Å². The van der Waals surface area contributed by atoms with Crippen molar-refractivity contribution in [2.45, 2.75) is 37.6 Å². The van der Waals surface area contributed by atoms with Gasteiger partial charge in [0.15, 0.2) is 5.78 Å². The van der Waals surface area contributed by atoms with Crippen LogP contribution in [0.2, 0.25) is 0 Å². The third kappa shape index (κ3) is 2.75. The first-order valence-electron chi connectivity index (χ1n) is 6.65. The van der Waals surface area contributed by atoms with Crippen molar-refractivity contribution in [1.82, 2.24) is 4.90 Å². The fourth-order valence-corrected chi connectivity index (χ4v) is 3.30. The molecule has 0 amide bonds. The molecule has 0 aliphatic heterocycles. The molecule has 0 spiro atoms. The third-order valence-corrected chi connectivity index (χ3v) is 4.63. The highest BCUT2D eigenvalue weighted by Gasteiger charge is 2.42. The van der Waals surface area contributed by atoms with Crippen molar-refractivity contribution in [3.8, 4) is 0 Å². The Morgan fingerprint density at radius 1 is 1.26 bits per heavy atom. The van der Waals surface area contributed by atoms with Crippen molar-refractivity contribution < 1.29 is 9.18 Å².